The minimum absolute atomic E-state index is 0.147. The number of nitrogens with one attached hydrogen (secondary N) is 3. The highest BCUT2D eigenvalue weighted by molar-refractivity contribution is 7.91. The van der Waals surface area contributed by atoms with Crippen LogP contribution in [0.4, 0.5) is 4.39 Å². The number of amidine groups is 1. The van der Waals surface area contributed by atoms with Crippen molar-refractivity contribution in [2.75, 3.05) is 26.0 Å². The van der Waals surface area contributed by atoms with Gasteiger partial charge in [-0.1, -0.05) is 24.3 Å². The van der Waals surface area contributed by atoms with Gasteiger partial charge >= 0.3 is 0 Å². The smallest absolute Gasteiger partial charge is 0.251 e. The van der Waals surface area contributed by atoms with E-state index in [-0.39, 0.29) is 24.4 Å². The second-order valence-corrected chi connectivity index (χ2v) is 13.2. The SMILES string of the molecule is CS(=O)(=O)[C@@H]1C[C@@H](C(=O)N[C@H](CO)c2cc(C(=N)N)cs2)N(C(=O)CNC(=O)c2cccc(-c3ccc(F)cc3)c2)C1. The number of aliphatic hydroxyl groups excluding tert-OH is 1. The molecule has 1 aromatic heterocycles. The normalized spacial score (nSPS) is 17.5. The van der Waals surface area contributed by atoms with Crippen LogP contribution in [0.5, 0.6) is 0 Å². The lowest BCUT2D eigenvalue weighted by Crippen LogP contribution is -2.49. The molecule has 222 valence electrons. The van der Waals surface area contributed by atoms with E-state index < -0.39 is 63.9 Å². The van der Waals surface area contributed by atoms with Crippen molar-refractivity contribution in [1.82, 2.24) is 15.5 Å². The van der Waals surface area contributed by atoms with Crippen LogP contribution in [0.1, 0.15) is 33.3 Å². The van der Waals surface area contributed by atoms with Gasteiger partial charge in [0, 0.05) is 34.2 Å². The van der Waals surface area contributed by atoms with Crippen LogP contribution in [0, 0.1) is 11.2 Å². The molecular formula is C28H30FN5O6S2. The minimum atomic E-state index is -3.61. The van der Waals surface area contributed by atoms with Crippen LogP contribution in [0.2, 0.25) is 0 Å². The van der Waals surface area contributed by atoms with Gasteiger partial charge < -0.3 is 26.4 Å². The fraction of sp³-hybridized carbons (Fsp3) is 0.286. The molecule has 1 aliphatic heterocycles. The van der Waals surface area contributed by atoms with Crippen LogP contribution in [0.25, 0.3) is 11.1 Å². The summed E-state index contributed by atoms with van der Waals surface area (Å²) in [4.78, 5) is 41.0. The molecule has 3 amide bonds. The molecule has 42 heavy (non-hydrogen) atoms. The fourth-order valence-corrected chi connectivity index (χ4v) is 6.54. The summed E-state index contributed by atoms with van der Waals surface area (Å²) in [6.07, 6.45) is 0.882. The molecule has 0 radical (unpaired) electrons. The number of nitrogens with two attached hydrogens (primary N) is 1. The largest absolute Gasteiger partial charge is 0.394 e. The maximum Gasteiger partial charge on any atom is 0.251 e. The van der Waals surface area contributed by atoms with Crippen LogP contribution in [0.15, 0.2) is 60.0 Å². The van der Waals surface area contributed by atoms with E-state index in [0.717, 1.165) is 11.2 Å². The van der Waals surface area contributed by atoms with Crippen LogP contribution < -0.4 is 16.4 Å². The summed E-state index contributed by atoms with van der Waals surface area (Å²) in [5, 5.41) is 23.3. The summed E-state index contributed by atoms with van der Waals surface area (Å²) < 4.78 is 37.9. The molecule has 0 saturated carbocycles. The average molecular weight is 616 g/mol. The van der Waals surface area contributed by atoms with Crippen LogP contribution >= 0.6 is 11.3 Å². The minimum Gasteiger partial charge on any atom is -0.394 e. The Morgan fingerprint density at radius 2 is 1.86 bits per heavy atom. The topological polar surface area (TPSA) is 183 Å². The van der Waals surface area contributed by atoms with Crippen LogP contribution in [0.3, 0.4) is 0 Å². The average Bonchev–Trinajstić information content (AvgIpc) is 3.64. The summed E-state index contributed by atoms with van der Waals surface area (Å²) in [5.74, 6) is -2.44. The lowest BCUT2D eigenvalue weighted by atomic mass is 10.0. The van der Waals surface area contributed by atoms with Gasteiger partial charge in [0.25, 0.3) is 5.91 Å². The van der Waals surface area contributed by atoms with E-state index in [1.54, 1.807) is 47.8 Å². The Bertz CT molecular complexity index is 1610. The lowest BCUT2D eigenvalue weighted by molar-refractivity contribution is -0.138. The first-order valence-corrected chi connectivity index (χ1v) is 15.7. The van der Waals surface area contributed by atoms with E-state index in [0.29, 0.717) is 21.6 Å². The maximum absolute atomic E-state index is 13.3. The number of aliphatic hydroxyl groups is 1. The molecule has 4 rings (SSSR count). The highest BCUT2D eigenvalue weighted by atomic mass is 32.2. The van der Waals surface area contributed by atoms with Gasteiger partial charge in [-0.25, -0.2) is 12.8 Å². The zero-order valence-electron chi connectivity index (χ0n) is 22.5. The van der Waals surface area contributed by atoms with E-state index in [1.807, 2.05) is 0 Å². The number of rotatable bonds is 10. The first-order chi connectivity index (χ1) is 19.9. The lowest BCUT2D eigenvalue weighted by Gasteiger charge is -2.26. The molecule has 1 saturated heterocycles. The number of hydrogen-bond donors (Lipinski definition) is 5. The number of likely N-dealkylation sites (tertiary alicyclic amines) is 1. The zero-order valence-corrected chi connectivity index (χ0v) is 24.2. The van der Waals surface area contributed by atoms with Gasteiger partial charge in [-0.15, -0.1) is 11.3 Å². The third-order valence-electron chi connectivity index (χ3n) is 6.97. The van der Waals surface area contributed by atoms with Gasteiger partial charge in [-0.2, -0.15) is 0 Å². The van der Waals surface area contributed by atoms with Crippen LogP contribution in [-0.4, -0.2) is 79.2 Å². The summed E-state index contributed by atoms with van der Waals surface area (Å²) in [6.45, 7) is -1.20. The molecule has 11 nitrogen and oxygen atoms in total. The molecule has 2 aromatic carbocycles. The number of nitrogens with zero attached hydrogens (tertiary/aromatic N) is 1. The third kappa shape index (κ3) is 7.19. The highest BCUT2D eigenvalue weighted by Crippen LogP contribution is 2.27. The zero-order chi connectivity index (χ0) is 30.6. The number of thiophene rings is 1. The second-order valence-electron chi connectivity index (χ2n) is 9.91. The molecular weight excluding hydrogens is 585 g/mol. The van der Waals surface area contributed by atoms with E-state index in [2.05, 4.69) is 10.6 Å². The van der Waals surface area contributed by atoms with Crippen molar-refractivity contribution in [3.05, 3.63) is 81.8 Å². The standard InChI is InChI=1S/C28H30FN5O6S2/c1-42(39,40)21-11-23(28(38)33-22(14-35)24-10-19(15-41-24)26(30)31)34(13-21)25(36)12-32-27(37)18-4-2-3-17(9-18)16-5-7-20(29)8-6-16/h2-10,15,21-23,35H,11-14H2,1H3,(H3,30,31)(H,32,37)(H,33,38)/t21-,22-,23+/m1/s1. The molecule has 0 spiro atoms. The maximum atomic E-state index is 13.3. The first kappa shape index (κ1) is 30.8. The molecule has 0 unspecified atom stereocenters. The number of carbonyl (C=O) groups excluding carboxylic acids is 3. The molecule has 0 bridgehead atoms. The Balaban J connectivity index is 1.46. The molecule has 1 aliphatic rings. The molecule has 14 heteroatoms. The van der Waals surface area contributed by atoms with Crippen molar-refractivity contribution in [1.29, 1.82) is 5.41 Å². The Hall–Kier alpha value is -4.14. The second kappa shape index (κ2) is 12.8. The van der Waals surface area contributed by atoms with Crippen molar-refractivity contribution < 1.29 is 32.3 Å². The highest BCUT2D eigenvalue weighted by Gasteiger charge is 2.43. The van der Waals surface area contributed by atoms with Gasteiger partial charge in [-0.3, -0.25) is 19.8 Å². The monoisotopic (exact) mass is 615 g/mol. The van der Waals surface area contributed by atoms with Gasteiger partial charge in [0.2, 0.25) is 11.8 Å². The van der Waals surface area contributed by atoms with Crippen LogP contribution in [-0.2, 0) is 19.4 Å². The molecule has 3 aromatic rings. The number of hydrogen-bond acceptors (Lipinski definition) is 8. The van der Waals surface area contributed by atoms with Gasteiger partial charge in [0.05, 0.1) is 24.4 Å². The van der Waals surface area contributed by atoms with E-state index >= 15 is 0 Å². The molecule has 1 fully saturated rings. The van der Waals surface area contributed by atoms with Gasteiger partial charge in [0.15, 0.2) is 9.84 Å². The van der Waals surface area contributed by atoms with E-state index in [1.165, 1.54) is 23.5 Å². The Morgan fingerprint density at radius 1 is 1.14 bits per heavy atom. The summed E-state index contributed by atoms with van der Waals surface area (Å²) in [5.41, 5.74) is 7.54. The number of carbonyl (C=O) groups is 3. The summed E-state index contributed by atoms with van der Waals surface area (Å²) >= 11 is 1.18. The van der Waals surface area contributed by atoms with Gasteiger partial charge in [0.1, 0.15) is 17.7 Å². The molecule has 6 N–H and O–H groups in total. The molecule has 3 atom stereocenters. The first-order valence-electron chi connectivity index (χ1n) is 12.8. The predicted octanol–water partition coefficient (Wildman–Crippen LogP) is 1.43. The molecule has 2 heterocycles. The number of sulfone groups is 1. The Kier molecular flexibility index (Phi) is 9.39. The predicted molar refractivity (Wildman–Crippen MR) is 156 cm³/mol. The van der Waals surface area contributed by atoms with E-state index in [9.17, 15) is 32.3 Å². The fourth-order valence-electron chi connectivity index (χ4n) is 4.63. The molecule has 0 aliphatic carbocycles. The number of nitrogen functional groups attached to an aromatic ring is 1. The Morgan fingerprint density at radius 3 is 2.48 bits per heavy atom. The summed E-state index contributed by atoms with van der Waals surface area (Å²) in [6, 6.07) is 11.9. The number of halogens is 1. The van der Waals surface area contributed by atoms with Gasteiger partial charge in [-0.05, 0) is 47.9 Å². The quantitative estimate of drug-likeness (QED) is 0.169. The summed E-state index contributed by atoms with van der Waals surface area (Å²) in [7, 11) is -3.61. The van der Waals surface area contributed by atoms with E-state index in [4.69, 9.17) is 11.1 Å². The number of benzene rings is 2. The van der Waals surface area contributed by atoms with Crippen molar-refractivity contribution in [3.8, 4) is 11.1 Å². The Labute approximate surface area is 246 Å². The third-order valence-corrected chi connectivity index (χ3v) is 9.57. The van der Waals surface area contributed by atoms with Crippen molar-refractivity contribution >= 4 is 44.7 Å². The van der Waals surface area contributed by atoms with Crippen molar-refractivity contribution in [3.63, 3.8) is 0 Å². The van der Waals surface area contributed by atoms with Crippen molar-refractivity contribution in [2.45, 2.75) is 23.8 Å². The number of amides is 3. The van der Waals surface area contributed by atoms with Crippen molar-refractivity contribution in [2.24, 2.45) is 5.73 Å².